The first-order chi connectivity index (χ1) is 24.8. The minimum Gasteiger partial charge on any atom is -0.457 e. The Bertz CT molecular complexity index is 2770. The minimum absolute atomic E-state index is 0.562. The molecule has 2 heterocycles. The van der Waals surface area contributed by atoms with Gasteiger partial charge in [0.2, 0.25) is 0 Å². The third kappa shape index (κ3) is 3.73. The van der Waals surface area contributed by atoms with Gasteiger partial charge in [-0.05, 0) is 87.6 Å². The van der Waals surface area contributed by atoms with Crippen LogP contribution >= 0.6 is 11.3 Å². The predicted octanol–water partition coefficient (Wildman–Crippen LogP) is 13.1. The Hall–Kier alpha value is -6.16. The van der Waals surface area contributed by atoms with E-state index in [0.29, 0.717) is 0 Å². The van der Waals surface area contributed by atoms with Gasteiger partial charge >= 0.3 is 0 Å². The van der Waals surface area contributed by atoms with E-state index in [4.69, 9.17) is 4.74 Å². The van der Waals surface area contributed by atoms with Crippen LogP contribution < -0.4 is 9.64 Å². The smallest absolute Gasteiger partial charge is 0.132 e. The van der Waals surface area contributed by atoms with Crippen LogP contribution in [0.3, 0.4) is 0 Å². The Morgan fingerprint density at radius 3 is 1.88 bits per heavy atom. The number of anilines is 3. The fourth-order valence-electron chi connectivity index (χ4n) is 8.67. The lowest BCUT2D eigenvalue weighted by molar-refractivity contribution is 0.436. The molecular weight excluding hydrogens is 627 g/mol. The first kappa shape index (κ1) is 27.8. The summed E-state index contributed by atoms with van der Waals surface area (Å²) in [5.74, 6) is 1.80. The first-order valence-corrected chi connectivity index (χ1v) is 17.9. The van der Waals surface area contributed by atoms with Crippen molar-refractivity contribution in [2.45, 2.75) is 5.41 Å². The molecule has 1 aliphatic heterocycles. The summed E-state index contributed by atoms with van der Waals surface area (Å²) in [6.07, 6.45) is 0. The Balaban J connectivity index is 1.23. The number of thiophene rings is 1. The van der Waals surface area contributed by atoms with Gasteiger partial charge in [0.05, 0.1) is 5.41 Å². The van der Waals surface area contributed by atoms with Gasteiger partial charge in [0.1, 0.15) is 11.5 Å². The summed E-state index contributed by atoms with van der Waals surface area (Å²) in [5, 5.41) is 5.13. The van der Waals surface area contributed by atoms with Gasteiger partial charge in [-0.1, -0.05) is 121 Å². The number of nitrogens with zero attached hydrogens (tertiary/aromatic N) is 1. The molecule has 0 atom stereocenters. The van der Waals surface area contributed by atoms with Crippen molar-refractivity contribution in [3.05, 3.63) is 198 Å². The van der Waals surface area contributed by atoms with Crippen molar-refractivity contribution in [2.24, 2.45) is 0 Å². The lowest BCUT2D eigenvalue weighted by atomic mass is 9.66. The lowest BCUT2D eigenvalue weighted by Crippen LogP contribution is -2.32. The third-order valence-electron chi connectivity index (χ3n) is 10.7. The summed E-state index contributed by atoms with van der Waals surface area (Å²) in [6.45, 7) is 0. The van der Waals surface area contributed by atoms with E-state index < -0.39 is 5.41 Å². The molecule has 0 radical (unpaired) electrons. The molecule has 8 aromatic carbocycles. The second kappa shape index (κ2) is 10.4. The van der Waals surface area contributed by atoms with Gasteiger partial charge in [-0.25, -0.2) is 0 Å². The molecule has 0 saturated carbocycles. The monoisotopic (exact) mass is 655 g/mol. The van der Waals surface area contributed by atoms with Crippen LogP contribution in [0.5, 0.6) is 11.5 Å². The minimum atomic E-state index is -0.562. The summed E-state index contributed by atoms with van der Waals surface area (Å²) in [7, 11) is 0. The molecule has 0 amide bonds. The number of benzene rings is 8. The van der Waals surface area contributed by atoms with Gasteiger partial charge in [0.15, 0.2) is 0 Å². The number of hydrogen-bond acceptors (Lipinski definition) is 3. The summed E-state index contributed by atoms with van der Waals surface area (Å²) >= 11 is 1.86. The highest BCUT2D eigenvalue weighted by Gasteiger charge is 2.51. The van der Waals surface area contributed by atoms with Crippen LogP contribution in [0.25, 0.3) is 42.1 Å². The van der Waals surface area contributed by atoms with Crippen molar-refractivity contribution in [2.75, 3.05) is 4.90 Å². The zero-order valence-corrected chi connectivity index (χ0v) is 27.8. The largest absolute Gasteiger partial charge is 0.457 e. The third-order valence-corrected chi connectivity index (χ3v) is 11.8. The predicted molar refractivity (Wildman–Crippen MR) is 209 cm³/mol. The van der Waals surface area contributed by atoms with Crippen molar-refractivity contribution in [1.82, 2.24) is 0 Å². The van der Waals surface area contributed by atoms with E-state index in [9.17, 15) is 0 Å². The number of para-hydroxylation sites is 3. The van der Waals surface area contributed by atoms with Gasteiger partial charge in [0.25, 0.3) is 0 Å². The highest BCUT2D eigenvalue weighted by Crippen LogP contribution is 2.63. The second-order valence-electron chi connectivity index (χ2n) is 13.2. The fourth-order valence-corrected chi connectivity index (χ4v) is 9.81. The number of fused-ring (bicyclic) bond motifs is 14. The fraction of sp³-hybridized carbons (Fsp3) is 0.0213. The second-order valence-corrected chi connectivity index (χ2v) is 14.3. The maximum absolute atomic E-state index is 6.65. The van der Waals surface area contributed by atoms with E-state index in [1.165, 1.54) is 64.3 Å². The summed E-state index contributed by atoms with van der Waals surface area (Å²) in [4.78, 5) is 2.41. The van der Waals surface area contributed by atoms with E-state index in [0.717, 1.165) is 28.6 Å². The highest BCUT2D eigenvalue weighted by atomic mass is 32.1. The van der Waals surface area contributed by atoms with Gasteiger partial charge in [0, 0.05) is 48.4 Å². The zero-order chi connectivity index (χ0) is 32.8. The lowest BCUT2D eigenvalue weighted by Gasteiger charge is -2.39. The Kier molecular flexibility index (Phi) is 5.78. The van der Waals surface area contributed by atoms with Crippen LogP contribution in [0.2, 0.25) is 0 Å². The molecule has 2 aliphatic rings. The molecule has 0 N–H and O–H groups in total. The van der Waals surface area contributed by atoms with Gasteiger partial charge in [-0.15, -0.1) is 11.3 Å². The maximum atomic E-state index is 6.65. The standard InChI is InChI=1S/C47H29NOS/c1-2-13-31(14-3-1)48(33-23-25-36-35-16-6-11-21-44(35)50-45(36)29-33)32-24-26-37-41(28-32)47(40-27-22-30-12-4-5-15-34(30)46(37)40)38-17-7-9-19-42(38)49-43-20-10-8-18-39(43)47/h1-29H. The first-order valence-electron chi connectivity index (χ1n) is 17.1. The highest BCUT2D eigenvalue weighted by molar-refractivity contribution is 7.25. The molecule has 0 fully saturated rings. The number of ether oxygens (including phenoxy) is 1. The van der Waals surface area contributed by atoms with E-state index in [1.807, 2.05) is 11.3 Å². The van der Waals surface area contributed by atoms with Crippen LogP contribution in [-0.2, 0) is 5.41 Å². The SMILES string of the molecule is c1ccc(N(c2ccc3c(c2)C2(c4ccccc4Oc4ccccc42)c2ccc4ccccc4c2-3)c2ccc3c(c2)sc2ccccc23)cc1. The molecule has 0 bridgehead atoms. The van der Waals surface area contributed by atoms with Crippen molar-refractivity contribution >= 4 is 59.3 Å². The molecular formula is C47H29NOS. The zero-order valence-electron chi connectivity index (χ0n) is 27.0. The van der Waals surface area contributed by atoms with Crippen molar-refractivity contribution in [3.8, 4) is 22.6 Å². The van der Waals surface area contributed by atoms with Crippen LogP contribution in [0.4, 0.5) is 17.1 Å². The Morgan fingerprint density at radius 2 is 1.06 bits per heavy atom. The Labute approximate surface area is 294 Å². The van der Waals surface area contributed by atoms with E-state index in [-0.39, 0.29) is 0 Å². The van der Waals surface area contributed by atoms with Crippen LogP contribution in [-0.4, -0.2) is 0 Å². The molecule has 0 unspecified atom stereocenters. The molecule has 11 rings (SSSR count). The summed E-state index contributed by atoms with van der Waals surface area (Å²) in [5.41, 5.74) is 10.3. The molecule has 3 heteroatoms. The van der Waals surface area contributed by atoms with Crippen molar-refractivity contribution in [3.63, 3.8) is 0 Å². The van der Waals surface area contributed by atoms with E-state index in [1.54, 1.807) is 0 Å². The van der Waals surface area contributed by atoms with Gasteiger partial charge < -0.3 is 9.64 Å². The van der Waals surface area contributed by atoms with Crippen LogP contribution in [0.1, 0.15) is 22.3 Å². The van der Waals surface area contributed by atoms with E-state index >= 15 is 0 Å². The molecule has 0 saturated heterocycles. The molecule has 1 spiro atoms. The average molecular weight is 656 g/mol. The van der Waals surface area contributed by atoms with Crippen LogP contribution in [0, 0.1) is 0 Å². The molecule has 1 aliphatic carbocycles. The molecule has 50 heavy (non-hydrogen) atoms. The van der Waals surface area contributed by atoms with Crippen LogP contribution in [0.15, 0.2) is 176 Å². The maximum Gasteiger partial charge on any atom is 0.132 e. The van der Waals surface area contributed by atoms with Crippen molar-refractivity contribution in [1.29, 1.82) is 0 Å². The van der Waals surface area contributed by atoms with Gasteiger partial charge in [-0.3, -0.25) is 0 Å². The van der Waals surface area contributed by atoms with E-state index in [2.05, 4.69) is 181 Å². The average Bonchev–Trinajstić information content (AvgIpc) is 3.69. The quantitative estimate of drug-likeness (QED) is 0.188. The molecule has 2 nitrogen and oxygen atoms in total. The normalized spacial score (nSPS) is 13.5. The molecule has 9 aromatic rings. The summed E-state index contributed by atoms with van der Waals surface area (Å²) < 4.78 is 9.25. The number of hydrogen-bond donors (Lipinski definition) is 0. The molecule has 1 aromatic heterocycles. The number of rotatable bonds is 3. The Morgan fingerprint density at radius 1 is 0.420 bits per heavy atom. The molecule has 234 valence electrons. The van der Waals surface area contributed by atoms with Crippen molar-refractivity contribution < 1.29 is 4.74 Å². The summed E-state index contributed by atoms with van der Waals surface area (Å²) in [6, 6.07) is 64.2. The topological polar surface area (TPSA) is 12.5 Å². The van der Waals surface area contributed by atoms with Gasteiger partial charge in [-0.2, -0.15) is 0 Å².